The minimum Gasteiger partial charge on any atom is -0.497 e. The average Bonchev–Trinajstić information content (AvgIpc) is 3.22. The molecule has 0 fully saturated rings. The van der Waals surface area contributed by atoms with Crippen molar-refractivity contribution >= 4 is 11.0 Å². The normalized spacial score (nSPS) is 11.1. The van der Waals surface area contributed by atoms with E-state index < -0.39 is 11.6 Å². The Hall–Kier alpha value is -3.22. The van der Waals surface area contributed by atoms with E-state index in [2.05, 4.69) is 20.2 Å². The predicted molar refractivity (Wildman–Crippen MR) is 85.6 cm³/mol. The van der Waals surface area contributed by atoms with E-state index in [1.54, 1.807) is 13.2 Å². The third kappa shape index (κ3) is 2.40. The molecular weight excluding hydrogens is 314 g/mol. The van der Waals surface area contributed by atoms with Crippen LogP contribution in [0.3, 0.4) is 0 Å². The van der Waals surface area contributed by atoms with Crippen molar-refractivity contribution in [1.82, 2.24) is 20.2 Å². The standard InChI is InChI=1S/C17H12F2N4O/c1-24-10-3-5-13-15(7-10)21-17(20-13)16-8-14(22-23-16)9-2-4-11(18)12(19)6-9/h2-8H,1H3,(H,20,21)(H,22,23). The van der Waals surface area contributed by atoms with E-state index in [-0.39, 0.29) is 0 Å². The number of halogens is 2. The number of fused-ring (bicyclic) bond motifs is 1. The first-order valence-electron chi connectivity index (χ1n) is 7.19. The maximum Gasteiger partial charge on any atom is 0.159 e. The molecule has 0 saturated heterocycles. The fourth-order valence-electron chi connectivity index (χ4n) is 2.49. The van der Waals surface area contributed by atoms with Gasteiger partial charge in [0.2, 0.25) is 0 Å². The molecule has 2 heterocycles. The minimum absolute atomic E-state index is 0.481. The first-order chi connectivity index (χ1) is 11.6. The van der Waals surface area contributed by atoms with E-state index in [1.165, 1.54) is 6.07 Å². The fourth-order valence-corrected chi connectivity index (χ4v) is 2.49. The number of hydrogen-bond acceptors (Lipinski definition) is 3. The van der Waals surface area contributed by atoms with Gasteiger partial charge in [0.25, 0.3) is 0 Å². The molecule has 0 aliphatic carbocycles. The Morgan fingerprint density at radius 1 is 1.00 bits per heavy atom. The SMILES string of the molecule is COc1ccc2nc(-c3cc(-c4ccc(F)c(F)c4)n[nH]3)[nH]c2c1. The van der Waals surface area contributed by atoms with Gasteiger partial charge in [-0.15, -0.1) is 0 Å². The lowest BCUT2D eigenvalue weighted by atomic mass is 10.1. The lowest BCUT2D eigenvalue weighted by molar-refractivity contribution is 0.415. The van der Waals surface area contributed by atoms with Crippen LogP contribution in [0.4, 0.5) is 8.78 Å². The molecule has 0 unspecified atom stereocenters. The molecule has 0 aliphatic rings. The number of rotatable bonds is 3. The van der Waals surface area contributed by atoms with Gasteiger partial charge < -0.3 is 9.72 Å². The summed E-state index contributed by atoms with van der Waals surface area (Å²) < 4.78 is 31.6. The largest absolute Gasteiger partial charge is 0.497 e. The maximum atomic E-state index is 13.4. The van der Waals surface area contributed by atoms with Gasteiger partial charge in [-0.3, -0.25) is 5.10 Å². The highest BCUT2D eigenvalue weighted by Crippen LogP contribution is 2.26. The summed E-state index contributed by atoms with van der Waals surface area (Å²) in [6, 6.07) is 10.9. The highest BCUT2D eigenvalue weighted by atomic mass is 19.2. The van der Waals surface area contributed by atoms with Crippen LogP contribution in [-0.4, -0.2) is 27.3 Å². The molecule has 0 spiro atoms. The molecule has 4 rings (SSSR count). The molecule has 0 radical (unpaired) electrons. The second-order valence-electron chi connectivity index (χ2n) is 5.26. The zero-order chi connectivity index (χ0) is 16.7. The molecular formula is C17H12F2N4O. The fraction of sp³-hybridized carbons (Fsp3) is 0.0588. The lowest BCUT2D eigenvalue weighted by Crippen LogP contribution is -1.85. The highest BCUT2D eigenvalue weighted by Gasteiger charge is 2.12. The summed E-state index contributed by atoms with van der Waals surface area (Å²) >= 11 is 0. The molecule has 0 bridgehead atoms. The van der Waals surface area contributed by atoms with E-state index in [1.807, 2.05) is 18.2 Å². The third-order valence-electron chi connectivity index (χ3n) is 3.74. The number of benzene rings is 2. The summed E-state index contributed by atoms with van der Waals surface area (Å²) in [6.45, 7) is 0. The van der Waals surface area contributed by atoms with E-state index in [0.717, 1.165) is 28.9 Å². The van der Waals surface area contributed by atoms with Crippen LogP contribution in [0, 0.1) is 11.6 Å². The van der Waals surface area contributed by atoms with Crippen LogP contribution in [0.1, 0.15) is 0 Å². The van der Waals surface area contributed by atoms with Gasteiger partial charge in [-0.25, -0.2) is 13.8 Å². The molecule has 0 atom stereocenters. The van der Waals surface area contributed by atoms with E-state index in [9.17, 15) is 8.78 Å². The smallest absolute Gasteiger partial charge is 0.159 e. The molecule has 0 amide bonds. The molecule has 2 aromatic heterocycles. The Labute approximate surface area is 135 Å². The third-order valence-corrected chi connectivity index (χ3v) is 3.74. The van der Waals surface area contributed by atoms with E-state index >= 15 is 0 Å². The number of H-pyrrole nitrogens is 2. The summed E-state index contributed by atoms with van der Waals surface area (Å²) in [4.78, 5) is 7.66. The van der Waals surface area contributed by atoms with Gasteiger partial charge >= 0.3 is 0 Å². The van der Waals surface area contributed by atoms with Crippen LogP contribution in [0.2, 0.25) is 0 Å². The molecule has 120 valence electrons. The molecule has 0 saturated carbocycles. The average molecular weight is 326 g/mol. The van der Waals surface area contributed by atoms with Crippen LogP contribution < -0.4 is 4.74 Å². The molecule has 4 aromatic rings. The number of hydrogen-bond donors (Lipinski definition) is 2. The quantitative estimate of drug-likeness (QED) is 0.600. The zero-order valence-electron chi connectivity index (χ0n) is 12.6. The Bertz CT molecular complexity index is 1040. The predicted octanol–water partition coefficient (Wildman–Crippen LogP) is 3.91. The van der Waals surface area contributed by atoms with Crippen LogP contribution in [0.5, 0.6) is 5.75 Å². The Morgan fingerprint density at radius 3 is 2.67 bits per heavy atom. The zero-order valence-corrected chi connectivity index (χ0v) is 12.6. The number of methoxy groups -OCH3 is 1. The van der Waals surface area contributed by atoms with E-state index in [4.69, 9.17) is 4.74 Å². The topological polar surface area (TPSA) is 66.6 Å². The summed E-state index contributed by atoms with van der Waals surface area (Å²) in [5, 5.41) is 6.99. The number of nitrogens with zero attached hydrogens (tertiary/aromatic N) is 2. The second-order valence-corrected chi connectivity index (χ2v) is 5.26. The molecule has 2 aromatic carbocycles. The van der Waals surface area contributed by atoms with Gasteiger partial charge in [0.15, 0.2) is 17.5 Å². The van der Waals surface area contributed by atoms with Crippen molar-refractivity contribution in [3.63, 3.8) is 0 Å². The molecule has 24 heavy (non-hydrogen) atoms. The molecule has 7 heteroatoms. The number of aromatic amines is 2. The number of aromatic nitrogens is 4. The Morgan fingerprint density at radius 2 is 1.88 bits per heavy atom. The lowest BCUT2D eigenvalue weighted by Gasteiger charge is -1.97. The van der Waals surface area contributed by atoms with E-state index in [0.29, 0.717) is 22.8 Å². The van der Waals surface area contributed by atoms with Gasteiger partial charge in [0.1, 0.15) is 11.4 Å². The monoisotopic (exact) mass is 326 g/mol. The first-order valence-corrected chi connectivity index (χ1v) is 7.19. The van der Waals surface area contributed by atoms with Gasteiger partial charge in [-0.1, -0.05) is 0 Å². The van der Waals surface area contributed by atoms with Crippen LogP contribution in [-0.2, 0) is 0 Å². The molecule has 2 N–H and O–H groups in total. The van der Waals surface area contributed by atoms with Crippen molar-refractivity contribution < 1.29 is 13.5 Å². The summed E-state index contributed by atoms with van der Waals surface area (Å²) in [6.07, 6.45) is 0. The second kappa shape index (κ2) is 5.45. The highest BCUT2D eigenvalue weighted by molar-refractivity contribution is 5.80. The molecule has 5 nitrogen and oxygen atoms in total. The van der Waals surface area contributed by atoms with Crippen LogP contribution in [0.15, 0.2) is 42.5 Å². The summed E-state index contributed by atoms with van der Waals surface area (Å²) in [5.41, 5.74) is 3.24. The van der Waals surface area contributed by atoms with Gasteiger partial charge in [-0.2, -0.15) is 5.10 Å². The van der Waals surface area contributed by atoms with Crippen molar-refractivity contribution in [3.05, 3.63) is 54.1 Å². The minimum atomic E-state index is -0.909. The van der Waals surface area contributed by atoms with Crippen molar-refractivity contribution in [2.24, 2.45) is 0 Å². The Kier molecular flexibility index (Phi) is 3.26. The van der Waals surface area contributed by atoms with Crippen molar-refractivity contribution in [2.75, 3.05) is 7.11 Å². The van der Waals surface area contributed by atoms with Crippen LogP contribution in [0.25, 0.3) is 33.8 Å². The Balaban J connectivity index is 1.72. The number of nitrogens with one attached hydrogen (secondary N) is 2. The summed E-state index contributed by atoms with van der Waals surface area (Å²) in [7, 11) is 1.60. The molecule has 0 aliphatic heterocycles. The van der Waals surface area contributed by atoms with Gasteiger partial charge in [-0.05, 0) is 36.4 Å². The summed E-state index contributed by atoms with van der Waals surface area (Å²) in [5.74, 6) is -0.474. The van der Waals surface area contributed by atoms with Crippen molar-refractivity contribution in [1.29, 1.82) is 0 Å². The van der Waals surface area contributed by atoms with Gasteiger partial charge in [0.05, 0.1) is 23.8 Å². The van der Waals surface area contributed by atoms with Crippen molar-refractivity contribution in [2.45, 2.75) is 0 Å². The van der Waals surface area contributed by atoms with Crippen molar-refractivity contribution in [3.8, 4) is 28.5 Å². The number of imidazole rings is 1. The maximum absolute atomic E-state index is 13.4. The van der Waals surface area contributed by atoms with Gasteiger partial charge in [0, 0.05) is 11.6 Å². The number of ether oxygens (including phenoxy) is 1. The van der Waals surface area contributed by atoms with Crippen LogP contribution >= 0.6 is 0 Å². The first kappa shape index (κ1) is 14.4.